The molecule has 1 heterocycles. The maximum atomic E-state index is 14.4. The number of rotatable bonds is 6. The summed E-state index contributed by atoms with van der Waals surface area (Å²) >= 11 is 0. The highest BCUT2D eigenvalue weighted by atomic mass is 19.1. The van der Waals surface area contributed by atoms with Crippen molar-refractivity contribution in [3.05, 3.63) is 29.3 Å². The Labute approximate surface area is 145 Å². The summed E-state index contributed by atoms with van der Waals surface area (Å²) < 4.78 is 14.4. The van der Waals surface area contributed by atoms with Gasteiger partial charge in [-0.25, -0.2) is 9.37 Å². The second kappa shape index (κ2) is 8.43. The zero-order valence-corrected chi connectivity index (χ0v) is 14.1. The zero-order valence-electron chi connectivity index (χ0n) is 14.1. The van der Waals surface area contributed by atoms with E-state index in [1.165, 1.54) is 12.4 Å². The molecule has 0 spiro atoms. The average Bonchev–Trinajstić information content (AvgIpc) is 2.58. The summed E-state index contributed by atoms with van der Waals surface area (Å²) in [5.74, 6) is -1.36. The standard InChI is InChI=1S/C16H24FN7O/c1-21-8-9(7-18)22-15-10(14(20)25)6-11(17)16(24-15)23-13-5-3-2-4-12(13)19/h6-8,12-13H,2-5,18-19H2,1H3,(H2,20,25)(H2,22,23,24)/t12-,13+/m0/s1. The minimum absolute atomic E-state index is 0.0136. The molecule has 9 heteroatoms. The fraction of sp³-hybridized carbons (Fsp3) is 0.438. The van der Waals surface area contributed by atoms with Crippen LogP contribution in [0.5, 0.6) is 0 Å². The smallest absolute Gasteiger partial charge is 0.252 e. The van der Waals surface area contributed by atoms with Crippen molar-refractivity contribution < 1.29 is 9.18 Å². The Morgan fingerprint density at radius 1 is 1.40 bits per heavy atom. The molecule has 1 saturated carbocycles. The van der Waals surface area contributed by atoms with Gasteiger partial charge in [0.15, 0.2) is 11.6 Å². The van der Waals surface area contributed by atoms with Crippen molar-refractivity contribution in [3.63, 3.8) is 0 Å². The quantitative estimate of drug-likeness (QED) is 0.483. The van der Waals surface area contributed by atoms with Gasteiger partial charge in [0.25, 0.3) is 5.91 Å². The molecule has 8 nitrogen and oxygen atoms in total. The lowest BCUT2D eigenvalue weighted by Gasteiger charge is -2.30. The van der Waals surface area contributed by atoms with E-state index in [0.717, 1.165) is 31.7 Å². The van der Waals surface area contributed by atoms with Gasteiger partial charge in [-0.15, -0.1) is 0 Å². The molecule has 2 atom stereocenters. The molecule has 1 aromatic rings. The molecule has 1 aliphatic rings. The fourth-order valence-electron chi connectivity index (χ4n) is 2.78. The molecule has 8 N–H and O–H groups in total. The molecule has 2 rings (SSSR count). The topological polar surface area (TPSA) is 144 Å². The van der Waals surface area contributed by atoms with Crippen LogP contribution in [-0.2, 0) is 0 Å². The Morgan fingerprint density at radius 3 is 2.72 bits per heavy atom. The van der Waals surface area contributed by atoms with Crippen LogP contribution >= 0.6 is 0 Å². The third-order valence-corrected chi connectivity index (χ3v) is 4.09. The number of primary amides is 1. The predicted molar refractivity (Wildman–Crippen MR) is 96.9 cm³/mol. The number of nitrogens with two attached hydrogens (primary N) is 3. The number of halogens is 1. The molecular weight excluding hydrogens is 325 g/mol. The highest BCUT2D eigenvalue weighted by molar-refractivity contribution is 5.99. The Morgan fingerprint density at radius 2 is 2.12 bits per heavy atom. The molecule has 0 bridgehead atoms. The summed E-state index contributed by atoms with van der Waals surface area (Å²) in [7, 11) is 1.57. The van der Waals surface area contributed by atoms with Crippen molar-refractivity contribution >= 4 is 23.8 Å². The maximum absolute atomic E-state index is 14.4. The number of nitrogens with zero attached hydrogens (tertiary/aromatic N) is 2. The van der Waals surface area contributed by atoms with E-state index in [9.17, 15) is 9.18 Å². The number of carbonyl (C=O) groups is 1. The minimum Gasteiger partial charge on any atom is -0.403 e. The third-order valence-electron chi connectivity index (χ3n) is 4.09. The van der Waals surface area contributed by atoms with Gasteiger partial charge in [-0.2, -0.15) is 0 Å². The SMILES string of the molecule is CN=CC(=CN)Nc1nc(N[C@@H]2CCCC[C@@H]2N)c(F)cc1C(N)=O. The summed E-state index contributed by atoms with van der Waals surface area (Å²) in [6.45, 7) is 0. The predicted octanol–water partition coefficient (Wildman–Crippen LogP) is 0.914. The van der Waals surface area contributed by atoms with Gasteiger partial charge in [0.05, 0.1) is 11.3 Å². The summed E-state index contributed by atoms with van der Waals surface area (Å²) in [5, 5.41) is 5.87. The second-order valence-corrected chi connectivity index (χ2v) is 5.91. The van der Waals surface area contributed by atoms with E-state index in [0.29, 0.717) is 5.70 Å². The van der Waals surface area contributed by atoms with Gasteiger partial charge in [0.1, 0.15) is 5.82 Å². The molecule has 1 aliphatic carbocycles. The van der Waals surface area contributed by atoms with Gasteiger partial charge in [0, 0.05) is 31.5 Å². The van der Waals surface area contributed by atoms with E-state index >= 15 is 0 Å². The van der Waals surface area contributed by atoms with Crippen molar-refractivity contribution in [1.29, 1.82) is 0 Å². The van der Waals surface area contributed by atoms with Crippen molar-refractivity contribution in [3.8, 4) is 0 Å². The highest BCUT2D eigenvalue weighted by Crippen LogP contribution is 2.25. The van der Waals surface area contributed by atoms with E-state index < -0.39 is 11.7 Å². The van der Waals surface area contributed by atoms with Crippen LogP contribution in [-0.4, -0.2) is 36.2 Å². The molecule has 0 unspecified atom stereocenters. The number of nitrogens with one attached hydrogen (secondary N) is 2. The van der Waals surface area contributed by atoms with Crippen LogP contribution in [0.4, 0.5) is 16.0 Å². The number of hydrogen-bond acceptors (Lipinski definition) is 7. The largest absolute Gasteiger partial charge is 0.403 e. The van der Waals surface area contributed by atoms with Gasteiger partial charge in [-0.1, -0.05) is 12.8 Å². The number of amides is 1. The van der Waals surface area contributed by atoms with Gasteiger partial charge in [0.2, 0.25) is 0 Å². The van der Waals surface area contributed by atoms with Crippen molar-refractivity contribution in [1.82, 2.24) is 4.98 Å². The Hall–Kier alpha value is -2.68. The molecular formula is C16H24FN7O. The van der Waals surface area contributed by atoms with Crippen LogP contribution in [0.15, 0.2) is 23.0 Å². The molecule has 136 valence electrons. The first-order chi connectivity index (χ1) is 12.0. The number of allylic oxidation sites excluding steroid dienone is 1. The average molecular weight is 349 g/mol. The van der Waals surface area contributed by atoms with Crippen LogP contribution in [0, 0.1) is 5.82 Å². The second-order valence-electron chi connectivity index (χ2n) is 5.91. The number of aromatic nitrogens is 1. The fourth-order valence-corrected chi connectivity index (χ4v) is 2.78. The molecule has 1 aromatic heterocycles. The van der Waals surface area contributed by atoms with E-state index in [1.807, 2.05) is 0 Å². The van der Waals surface area contributed by atoms with Gasteiger partial charge in [-0.05, 0) is 18.9 Å². The molecule has 0 radical (unpaired) electrons. The van der Waals surface area contributed by atoms with Crippen molar-refractivity contribution in [2.24, 2.45) is 22.2 Å². The lowest BCUT2D eigenvalue weighted by atomic mass is 9.91. The van der Waals surface area contributed by atoms with Crippen LogP contribution in [0.3, 0.4) is 0 Å². The molecule has 25 heavy (non-hydrogen) atoms. The van der Waals surface area contributed by atoms with Gasteiger partial charge >= 0.3 is 0 Å². The maximum Gasteiger partial charge on any atom is 0.252 e. The normalized spacial score (nSPS) is 21.3. The number of carbonyl (C=O) groups excluding carboxylic acids is 1. The van der Waals surface area contributed by atoms with Crippen molar-refractivity contribution in [2.45, 2.75) is 37.8 Å². The Bertz CT molecular complexity index is 689. The molecule has 0 aromatic carbocycles. The summed E-state index contributed by atoms with van der Waals surface area (Å²) in [5.41, 5.74) is 17.2. The first kappa shape index (κ1) is 18.7. The lowest BCUT2D eigenvalue weighted by Crippen LogP contribution is -2.43. The summed E-state index contributed by atoms with van der Waals surface area (Å²) in [4.78, 5) is 19.6. The zero-order chi connectivity index (χ0) is 18.4. The van der Waals surface area contributed by atoms with Crippen LogP contribution in [0.25, 0.3) is 0 Å². The monoisotopic (exact) mass is 349 g/mol. The molecule has 0 saturated heterocycles. The molecule has 1 fully saturated rings. The van der Waals surface area contributed by atoms with Crippen LogP contribution in [0.2, 0.25) is 0 Å². The highest BCUT2D eigenvalue weighted by Gasteiger charge is 2.24. The molecule has 1 amide bonds. The van der Waals surface area contributed by atoms with E-state index in [2.05, 4.69) is 20.6 Å². The van der Waals surface area contributed by atoms with Crippen LogP contribution < -0.4 is 27.8 Å². The van der Waals surface area contributed by atoms with Crippen molar-refractivity contribution in [2.75, 3.05) is 17.7 Å². The minimum atomic E-state index is -0.806. The number of aliphatic imine (C=N–C) groups is 1. The summed E-state index contributed by atoms with van der Waals surface area (Å²) in [6, 6.07) is 0.893. The first-order valence-electron chi connectivity index (χ1n) is 8.09. The number of pyridine rings is 1. The van der Waals surface area contributed by atoms with Gasteiger partial charge < -0.3 is 27.8 Å². The van der Waals surface area contributed by atoms with Gasteiger partial charge in [-0.3, -0.25) is 9.79 Å². The van der Waals surface area contributed by atoms with E-state index in [-0.39, 0.29) is 29.3 Å². The Kier molecular flexibility index (Phi) is 6.29. The summed E-state index contributed by atoms with van der Waals surface area (Å²) in [6.07, 6.45) is 6.48. The lowest BCUT2D eigenvalue weighted by molar-refractivity contribution is 0.100. The third kappa shape index (κ3) is 4.66. The van der Waals surface area contributed by atoms with E-state index in [4.69, 9.17) is 17.2 Å². The number of anilines is 2. The first-order valence-corrected chi connectivity index (χ1v) is 8.09. The van der Waals surface area contributed by atoms with Crippen LogP contribution in [0.1, 0.15) is 36.0 Å². The van der Waals surface area contributed by atoms with E-state index in [1.54, 1.807) is 7.05 Å². The Balaban J connectivity index is 2.34. The number of hydrogen-bond donors (Lipinski definition) is 5. The molecule has 0 aliphatic heterocycles.